The van der Waals surface area contributed by atoms with Crippen LogP contribution in [0.2, 0.25) is 0 Å². The summed E-state index contributed by atoms with van der Waals surface area (Å²) in [5.74, 6) is 0.829. The number of thiazole rings is 1. The van der Waals surface area contributed by atoms with E-state index in [1.165, 1.54) is 5.56 Å². The van der Waals surface area contributed by atoms with Crippen LogP contribution in [-0.2, 0) is 0 Å². The number of aromatic nitrogens is 1. The Hall–Kier alpha value is -2.33. The third kappa shape index (κ3) is 3.23. The SMILES string of the molecule is COc1cccc(Nc2nc(-c3ccc(C)cc3)cs2)c1. The van der Waals surface area contributed by atoms with Crippen molar-refractivity contribution in [2.45, 2.75) is 6.92 Å². The third-order valence-electron chi connectivity index (χ3n) is 3.17. The number of rotatable bonds is 4. The van der Waals surface area contributed by atoms with Crippen LogP contribution in [0.1, 0.15) is 5.56 Å². The van der Waals surface area contributed by atoms with Gasteiger partial charge in [-0.25, -0.2) is 4.98 Å². The van der Waals surface area contributed by atoms with Crippen molar-refractivity contribution in [3.8, 4) is 17.0 Å². The van der Waals surface area contributed by atoms with E-state index < -0.39 is 0 Å². The monoisotopic (exact) mass is 296 g/mol. The average molecular weight is 296 g/mol. The average Bonchev–Trinajstić information content (AvgIpc) is 2.96. The molecule has 2 aromatic carbocycles. The number of hydrogen-bond acceptors (Lipinski definition) is 4. The molecule has 0 amide bonds. The van der Waals surface area contributed by atoms with E-state index in [9.17, 15) is 0 Å². The molecule has 0 spiro atoms. The molecule has 0 aliphatic heterocycles. The molecular weight excluding hydrogens is 280 g/mol. The summed E-state index contributed by atoms with van der Waals surface area (Å²) in [5, 5.41) is 6.24. The van der Waals surface area contributed by atoms with Crippen LogP contribution in [-0.4, -0.2) is 12.1 Å². The Morgan fingerprint density at radius 2 is 1.90 bits per heavy atom. The van der Waals surface area contributed by atoms with Gasteiger partial charge < -0.3 is 10.1 Å². The molecule has 1 N–H and O–H groups in total. The molecule has 0 bridgehead atoms. The van der Waals surface area contributed by atoms with Gasteiger partial charge in [0.05, 0.1) is 12.8 Å². The zero-order valence-corrected chi connectivity index (χ0v) is 12.8. The van der Waals surface area contributed by atoms with E-state index in [0.29, 0.717) is 0 Å². The standard InChI is InChI=1S/C17H16N2OS/c1-12-6-8-13(9-7-12)16-11-21-17(19-16)18-14-4-3-5-15(10-14)20-2/h3-11H,1-2H3,(H,18,19). The van der Waals surface area contributed by atoms with Crippen molar-refractivity contribution < 1.29 is 4.74 Å². The summed E-state index contributed by atoms with van der Waals surface area (Å²) in [6, 6.07) is 16.2. The second kappa shape index (κ2) is 5.97. The highest BCUT2D eigenvalue weighted by Crippen LogP contribution is 2.28. The largest absolute Gasteiger partial charge is 0.497 e. The van der Waals surface area contributed by atoms with Crippen LogP contribution < -0.4 is 10.1 Å². The van der Waals surface area contributed by atoms with E-state index >= 15 is 0 Å². The highest BCUT2D eigenvalue weighted by Gasteiger charge is 2.05. The van der Waals surface area contributed by atoms with Gasteiger partial charge in [-0.2, -0.15) is 0 Å². The van der Waals surface area contributed by atoms with Gasteiger partial charge in [0.15, 0.2) is 5.13 Å². The van der Waals surface area contributed by atoms with Gasteiger partial charge in [0, 0.05) is 22.7 Å². The van der Waals surface area contributed by atoms with Crippen molar-refractivity contribution in [2.24, 2.45) is 0 Å². The zero-order valence-electron chi connectivity index (χ0n) is 12.0. The number of benzene rings is 2. The summed E-state index contributed by atoms with van der Waals surface area (Å²) < 4.78 is 5.22. The maximum atomic E-state index is 5.22. The normalized spacial score (nSPS) is 10.4. The van der Waals surface area contributed by atoms with Crippen LogP contribution in [0.15, 0.2) is 53.9 Å². The van der Waals surface area contributed by atoms with Gasteiger partial charge in [0.25, 0.3) is 0 Å². The first-order chi connectivity index (χ1) is 10.2. The van der Waals surface area contributed by atoms with Gasteiger partial charge in [-0.05, 0) is 19.1 Å². The second-order valence-electron chi connectivity index (χ2n) is 4.76. The Labute approximate surface area is 128 Å². The fourth-order valence-electron chi connectivity index (χ4n) is 2.01. The number of ether oxygens (including phenoxy) is 1. The zero-order chi connectivity index (χ0) is 14.7. The molecule has 21 heavy (non-hydrogen) atoms. The summed E-state index contributed by atoms with van der Waals surface area (Å²) in [7, 11) is 1.66. The molecule has 1 heterocycles. The smallest absolute Gasteiger partial charge is 0.187 e. The topological polar surface area (TPSA) is 34.1 Å². The fourth-order valence-corrected chi connectivity index (χ4v) is 2.75. The molecule has 0 unspecified atom stereocenters. The Bertz CT molecular complexity index is 735. The minimum absolute atomic E-state index is 0.829. The Kier molecular flexibility index (Phi) is 3.88. The number of aryl methyl sites for hydroxylation is 1. The summed E-state index contributed by atoms with van der Waals surface area (Å²) in [6.07, 6.45) is 0. The van der Waals surface area contributed by atoms with Gasteiger partial charge in [0.2, 0.25) is 0 Å². The Morgan fingerprint density at radius 1 is 1.10 bits per heavy atom. The van der Waals surface area contributed by atoms with Gasteiger partial charge in [0.1, 0.15) is 5.75 Å². The predicted octanol–water partition coefficient (Wildman–Crippen LogP) is 4.87. The molecule has 106 valence electrons. The van der Waals surface area contributed by atoms with Gasteiger partial charge in [-0.1, -0.05) is 35.9 Å². The minimum atomic E-state index is 0.829. The minimum Gasteiger partial charge on any atom is -0.497 e. The Balaban J connectivity index is 1.80. The molecule has 3 rings (SSSR count). The molecule has 0 radical (unpaired) electrons. The van der Waals surface area contributed by atoms with Crippen LogP contribution >= 0.6 is 11.3 Å². The van der Waals surface area contributed by atoms with Crippen molar-refractivity contribution >= 4 is 22.2 Å². The van der Waals surface area contributed by atoms with E-state index in [-0.39, 0.29) is 0 Å². The molecule has 0 atom stereocenters. The third-order valence-corrected chi connectivity index (χ3v) is 3.93. The summed E-state index contributed by atoms with van der Waals surface area (Å²) >= 11 is 1.59. The van der Waals surface area contributed by atoms with Crippen LogP contribution in [0, 0.1) is 6.92 Å². The molecule has 3 nitrogen and oxygen atoms in total. The van der Waals surface area contributed by atoms with Gasteiger partial charge >= 0.3 is 0 Å². The maximum Gasteiger partial charge on any atom is 0.187 e. The van der Waals surface area contributed by atoms with Crippen molar-refractivity contribution in [3.63, 3.8) is 0 Å². The quantitative estimate of drug-likeness (QED) is 0.745. The van der Waals surface area contributed by atoms with Crippen molar-refractivity contribution in [2.75, 3.05) is 12.4 Å². The predicted molar refractivity (Wildman–Crippen MR) is 88.6 cm³/mol. The fraction of sp³-hybridized carbons (Fsp3) is 0.118. The number of nitrogens with zero attached hydrogens (tertiary/aromatic N) is 1. The lowest BCUT2D eigenvalue weighted by Crippen LogP contribution is -1.90. The van der Waals surface area contributed by atoms with Crippen LogP contribution in [0.25, 0.3) is 11.3 Å². The molecule has 0 aliphatic carbocycles. The Morgan fingerprint density at radius 3 is 2.67 bits per heavy atom. The lowest BCUT2D eigenvalue weighted by molar-refractivity contribution is 0.415. The molecule has 4 heteroatoms. The first kappa shape index (κ1) is 13.6. The van der Waals surface area contributed by atoms with Crippen molar-refractivity contribution in [1.29, 1.82) is 0 Å². The maximum absolute atomic E-state index is 5.22. The molecule has 3 aromatic rings. The van der Waals surface area contributed by atoms with E-state index in [1.54, 1.807) is 18.4 Å². The van der Waals surface area contributed by atoms with Crippen LogP contribution in [0.4, 0.5) is 10.8 Å². The second-order valence-corrected chi connectivity index (χ2v) is 5.62. The van der Waals surface area contributed by atoms with Gasteiger partial charge in [-0.15, -0.1) is 11.3 Å². The number of anilines is 2. The number of methoxy groups -OCH3 is 1. The van der Waals surface area contributed by atoms with E-state index in [1.807, 2.05) is 24.3 Å². The molecule has 0 aliphatic rings. The molecule has 0 fully saturated rings. The highest BCUT2D eigenvalue weighted by atomic mass is 32.1. The molecule has 0 saturated carbocycles. The summed E-state index contributed by atoms with van der Waals surface area (Å²) in [4.78, 5) is 4.63. The van der Waals surface area contributed by atoms with E-state index in [0.717, 1.165) is 27.8 Å². The van der Waals surface area contributed by atoms with Crippen molar-refractivity contribution in [3.05, 3.63) is 59.5 Å². The van der Waals surface area contributed by atoms with Crippen molar-refractivity contribution in [1.82, 2.24) is 4.98 Å². The van der Waals surface area contributed by atoms with Gasteiger partial charge in [-0.3, -0.25) is 0 Å². The highest BCUT2D eigenvalue weighted by molar-refractivity contribution is 7.14. The summed E-state index contributed by atoms with van der Waals surface area (Å²) in [5.41, 5.74) is 4.35. The van der Waals surface area contributed by atoms with E-state index in [2.05, 4.69) is 46.9 Å². The summed E-state index contributed by atoms with van der Waals surface area (Å²) in [6.45, 7) is 2.08. The van der Waals surface area contributed by atoms with Crippen LogP contribution in [0.3, 0.4) is 0 Å². The lowest BCUT2D eigenvalue weighted by atomic mass is 10.1. The lowest BCUT2D eigenvalue weighted by Gasteiger charge is -2.04. The van der Waals surface area contributed by atoms with E-state index in [4.69, 9.17) is 4.74 Å². The number of hydrogen-bond donors (Lipinski definition) is 1. The first-order valence-corrected chi connectivity index (χ1v) is 7.56. The first-order valence-electron chi connectivity index (χ1n) is 6.68. The van der Waals surface area contributed by atoms with Crippen LogP contribution in [0.5, 0.6) is 5.75 Å². The number of nitrogens with one attached hydrogen (secondary N) is 1. The molecule has 1 aromatic heterocycles. The molecular formula is C17H16N2OS. The molecule has 0 saturated heterocycles.